The van der Waals surface area contributed by atoms with Crippen LogP contribution in [0.3, 0.4) is 0 Å². The molecule has 0 aromatic rings. The maximum atomic E-state index is 5.62. The van der Waals surface area contributed by atoms with E-state index in [2.05, 4.69) is 12.3 Å². The molecule has 0 amide bonds. The van der Waals surface area contributed by atoms with Gasteiger partial charge in [0.05, 0.1) is 6.10 Å². The van der Waals surface area contributed by atoms with Gasteiger partial charge in [0.1, 0.15) is 0 Å². The van der Waals surface area contributed by atoms with Crippen LogP contribution in [0.5, 0.6) is 0 Å². The highest BCUT2D eigenvalue weighted by Crippen LogP contribution is 2.49. The predicted octanol–water partition coefficient (Wildman–Crippen LogP) is 1.97. The molecule has 0 spiro atoms. The van der Waals surface area contributed by atoms with Crippen molar-refractivity contribution in [1.29, 1.82) is 0 Å². The summed E-state index contributed by atoms with van der Waals surface area (Å²) in [5.74, 6) is 5.61. The molecule has 3 heteroatoms. The van der Waals surface area contributed by atoms with Crippen molar-refractivity contribution in [1.82, 2.24) is 5.43 Å². The van der Waals surface area contributed by atoms with Crippen LogP contribution in [-0.2, 0) is 4.74 Å². The first-order chi connectivity index (χ1) is 7.24. The van der Waals surface area contributed by atoms with E-state index in [1.807, 2.05) is 0 Å². The summed E-state index contributed by atoms with van der Waals surface area (Å²) in [6, 6.07) is 0.513. The fourth-order valence-corrected chi connectivity index (χ4v) is 2.60. The van der Waals surface area contributed by atoms with E-state index in [0.29, 0.717) is 17.6 Å². The minimum Gasteiger partial charge on any atom is -0.378 e. The molecule has 2 aliphatic rings. The molecule has 2 atom stereocenters. The molecular formula is C12H24N2O. The second kappa shape index (κ2) is 4.81. The monoisotopic (exact) mass is 212 g/mol. The lowest BCUT2D eigenvalue weighted by atomic mass is 9.93. The number of nitrogens with two attached hydrogens (primary N) is 1. The van der Waals surface area contributed by atoms with Crippen molar-refractivity contribution in [2.75, 3.05) is 6.61 Å². The summed E-state index contributed by atoms with van der Waals surface area (Å²) >= 11 is 0. The van der Waals surface area contributed by atoms with Crippen LogP contribution in [0.4, 0.5) is 0 Å². The number of rotatable bonds is 6. The largest absolute Gasteiger partial charge is 0.378 e. The average molecular weight is 212 g/mol. The van der Waals surface area contributed by atoms with Crippen molar-refractivity contribution < 1.29 is 4.74 Å². The van der Waals surface area contributed by atoms with E-state index >= 15 is 0 Å². The fourth-order valence-electron chi connectivity index (χ4n) is 2.60. The van der Waals surface area contributed by atoms with E-state index in [4.69, 9.17) is 10.6 Å². The molecule has 3 nitrogen and oxygen atoms in total. The first-order valence-corrected chi connectivity index (χ1v) is 6.32. The summed E-state index contributed by atoms with van der Waals surface area (Å²) in [6.45, 7) is 3.31. The molecule has 0 radical (unpaired) electrons. The maximum Gasteiger partial charge on any atom is 0.0576 e. The Hall–Kier alpha value is -0.120. The molecule has 2 rings (SSSR count). The van der Waals surface area contributed by atoms with E-state index in [9.17, 15) is 0 Å². The highest BCUT2D eigenvalue weighted by atomic mass is 16.5. The maximum absolute atomic E-state index is 5.62. The zero-order valence-electron chi connectivity index (χ0n) is 9.80. The van der Waals surface area contributed by atoms with Gasteiger partial charge in [-0.2, -0.15) is 0 Å². The zero-order valence-corrected chi connectivity index (χ0v) is 9.80. The third-order valence-corrected chi connectivity index (χ3v) is 4.12. The zero-order chi connectivity index (χ0) is 10.7. The number of nitrogens with one attached hydrogen (secondary N) is 1. The Bertz CT molecular complexity index is 198. The standard InChI is InChI=1S/C12H24N2O/c1-12(7-8-12)11(14-13)6-2-4-10-5-3-9-15-10/h10-11,14H,2-9,13H2,1H3. The molecular weight excluding hydrogens is 188 g/mol. The molecule has 2 unspecified atom stereocenters. The van der Waals surface area contributed by atoms with Gasteiger partial charge in [-0.25, -0.2) is 0 Å². The minimum atomic E-state index is 0.491. The predicted molar refractivity (Wildman–Crippen MR) is 61.3 cm³/mol. The van der Waals surface area contributed by atoms with Crippen LogP contribution in [0.2, 0.25) is 0 Å². The Morgan fingerprint density at radius 1 is 1.53 bits per heavy atom. The van der Waals surface area contributed by atoms with Crippen LogP contribution in [0.25, 0.3) is 0 Å². The highest BCUT2D eigenvalue weighted by molar-refractivity contribution is 4.97. The summed E-state index contributed by atoms with van der Waals surface area (Å²) in [5.41, 5.74) is 3.48. The van der Waals surface area contributed by atoms with Gasteiger partial charge in [-0.3, -0.25) is 11.3 Å². The van der Waals surface area contributed by atoms with Crippen molar-refractivity contribution in [3.05, 3.63) is 0 Å². The lowest BCUT2D eigenvalue weighted by Crippen LogP contribution is -2.41. The van der Waals surface area contributed by atoms with E-state index in [0.717, 1.165) is 6.61 Å². The normalized spacial score (nSPS) is 30.4. The van der Waals surface area contributed by atoms with Gasteiger partial charge in [-0.05, 0) is 50.4 Å². The molecule has 3 N–H and O–H groups in total. The number of hydrazine groups is 1. The Balaban J connectivity index is 1.63. The minimum absolute atomic E-state index is 0.491. The Kier molecular flexibility index (Phi) is 3.65. The molecule has 0 aromatic heterocycles. The van der Waals surface area contributed by atoms with E-state index in [1.165, 1.54) is 44.9 Å². The molecule has 1 saturated heterocycles. The third kappa shape index (κ3) is 2.92. The van der Waals surface area contributed by atoms with Crippen LogP contribution in [0.15, 0.2) is 0 Å². The van der Waals surface area contributed by atoms with Crippen LogP contribution in [-0.4, -0.2) is 18.8 Å². The third-order valence-electron chi connectivity index (χ3n) is 4.12. The molecule has 0 bridgehead atoms. The highest BCUT2D eigenvalue weighted by Gasteiger charge is 2.43. The number of hydrogen-bond donors (Lipinski definition) is 2. The lowest BCUT2D eigenvalue weighted by molar-refractivity contribution is 0.100. The Labute approximate surface area is 92.7 Å². The van der Waals surface area contributed by atoms with Gasteiger partial charge in [0.25, 0.3) is 0 Å². The summed E-state index contributed by atoms with van der Waals surface area (Å²) in [6.07, 6.45) is 9.38. The molecule has 88 valence electrons. The van der Waals surface area contributed by atoms with Crippen molar-refractivity contribution in [2.24, 2.45) is 11.3 Å². The smallest absolute Gasteiger partial charge is 0.0576 e. The van der Waals surface area contributed by atoms with Gasteiger partial charge >= 0.3 is 0 Å². The van der Waals surface area contributed by atoms with Gasteiger partial charge in [0.2, 0.25) is 0 Å². The molecule has 1 aliphatic heterocycles. The van der Waals surface area contributed by atoms with Gasteiger partial charge in [-0.1, -0.05) is 6.92 Å². The molecule has 0 aromatic carbocycles. The number of hydrogen-bond acceptors (Lipinski definition) is 3. The topological polar surface area (TPSA) is 47.3 Å². The second-order valence-corrected chi connectivity index (χ2v) is 5.44. The van der Waals surface area contributed by atoms with Crippen molar-refractivity contribution in [2.45, 2.75) is 64.0 Å². The first kappa shape index (κ1) is 11.4. The quantitative estimate of drug-likeness (QED) is 0.523. The summed E-state index contributed by atoms with van der Waals surface area (Å²) < 4.78 is 5.62. The summed E-state index contributed by atoms with van der Waals surface area (Å²) in [5, 5.41) is 0. The fraction of sp³-hybridized carbons (Fsp3) is 1.00. The lowest BCUT2D eigenvalue weighted by Gasteiger charge is -2.23. The number of ether oxygens (including phenoxy) is 1. The van der Waals surface area contributed by atoms with Crippen LogP contribution >= 0.6 is 0 Å². The van der Waals surface area contributed by atoms with Gasteiger partial charge in [-0.15, -0.1) is 0 Å². The van der Waals surface area contributed by atoms with E-state index in [-0.39, 0.29) is 0 Å². The summed E-state index contributed by atoms with van der Waals surface area (Å²) in [4.78, 5) is 0. The first-order valence-electron chi connectivity index (χ1n) is 6.32. The van der Waals surface area contributed by atoms with Crippen molar-refractivity contribution in [3.63, 3.8) is 0 Å². The van der Waals surface area contributed by atoms with Crippen LogP contribution in [0, 0.1) is 5.41 Å². The SMILES string of the molecule is CC1(C(CCCC2CCCO2)NN)CC1. The molecule has 1 saturated carbocycles. The van der Waals surface area contributed by atoms with Crippen molar-refractivity contribution >= 4 is 0 Å². The Morgan fingerprint density at radius 3 is 2.87 bits per heavy atom. The average Bonchev–Trinajstić information content (AvgIpc) is 2.80. The van der Waals surface area contributed by atoms with Gasteiger partial charge in [0.15, 0.2) is 0 Å². The van der Waals surface area contributed by atoms with E-state index < -0.39 is 0 Å². The van der Waals surface area contributed by atoms with Crippen LogP contribution < -0.4 is 11.3 Å². The summed E-state index contributed by atoms with van der Waals surface area (Å²) in [7, 11) is 0. The van der Waals surface area contributed by atoms with Gasteiger partial charge in [0, 0.05) is 12.6 Å². The van der Waals surface area contributed by atoms with Crippen LogP contribution in [0.1, 0.15) is 51.9 Å². The Morgan fingerprint density at radius 2 is 2.33 bits per heavy atom. The second-order valence-electron chi connectivity index (χ2n) is 5.44. The van der Waals surface area contributed by atoms with Gasteiger partial charge < -0.3 is 4.74 Å². The molecule has 1 aliphatic carbocycles. The molecule has 15 heavy (non-hydrogen) atoms. The van der Waals surface area contributed by atoms with Crippen molar-refractivity contribution in [3.8, 4) is 0 Å². The molecule has 2 fully saturated rings. The van der Waals surface area contributed by atoms with E-state index in [1.54, 1.807) is 0 Å². The molecule has 1 heterocycles.